The lowest BCUT2D eigenvalue weighted by molar-refractivity contribution is -0.120. The Morgan fingerprint density at radius 1 is 0.933 bits per heavy atom. The summed E-state index contributed by atoms with van der Waals surface area (Å²) in [6.45, 7) is 2.06. The Kier molecular flexibility index (Phi) is 5.38. The average molecular weight is 421 g/mol. The van der Waals surface area contributed by atoms with Crippen molar-refractivity contribution in [1.29, 1.82) is 0 Å². The molecule has 1 N–H and O–H groups in total. The van der Waals surface area contributed by atoms with Crippen LogP contribution in [0, 0.1) is 5.82 Å². The summed E-state index contributed by atoms with van der Waals surface area (Å²) in [5, 5.41) is 3.50. The van der Waals surface area contributed by atoms with Gasteiger partial charge in [0.05, 0.1) is 11.3 Å². The largest absolute Gasteiger partial charge is 0.350 e. The molecule has 3 aromatic carbocycles. The van der Waals surface area contributed by atoms with Crippen molar-refractivity contribution in [3.63, 3.8) is 0 Å². The zero-order valence-electron chi connectivity index (χ0n) is 16.2. The van der Waals surface area contributed by atoms with Crippen molar-refractivity contribution >= 4 is 40.4 Å². The molecule has 3 aromatic rings. The second-order valence-electron chi connectivity index (χ2n) is 6.86. The lowest BCUT2D eigenvalue weighted by Crippen LogP contribution is -2.32. The molecule has 0 saturated carbocycles. The lowest BCUT2D eigenvalue weighted by Gasteiger charge is -2.15. The van der Waals surface area contributed by atoms with Gasteiger partial charge in [-0.2, -0.15) is 0 Å². The number of imide groups is 1. The number of aryl methyl sites for hydroxylation is 1. The molecular weight excluding hydrogens is 403 g/mol. The van der Waals surface area contributed by atoms with E-state index in [0.29, 0.717) is 22.0 Å². The Morgan fingerprint density at radius 2 is 1.63 bits per heavy atom. The smallest absolute Gasteiger partial charge is 0.282 e. The Morgan fingerprint density at radius 3 is 2.27 bits per heavy atom. The monoisotopic (exact) mass is 420 g/mol. The third-order valence-corrected chi connectivity index (χ3v) is 5.15. The van der Waals surface area contributed by atoms with E-state index in [-0.39, 0.29) is 11.3 Å². The summed E-state index contributed by atoms with van der Waals surface area (Å²) in [5.74, 6) is -1.42. The van der Waals surface area contributed by atoms with E-state index in [0.717, 1.165) is 16.9 Å². The van der Waals surface area contributed by atoms with Crippen molar-refractivity contribution in [3.05, 3.63) is 100 Å². The summed E-state index contributed by atoms with van der Waals surface area (Å²) in [7, 11) is 0. The second kappa shape index (κ2) is 8.13. The summed E-state index contributed by atoms with van der Waals surface area (Å²) >= 11 is 6.06. The molecule has 1 aliphatic heterocycles. The van der Waals surface area contributed by atoms with Gasteiger partial charge in [-0.05, 0) is 60.0 Å². The molecule has 1 heterocycles. The molecule has 2 amide bonds. The highest BCUT2D eigenvalue weighted by molar-refractivity contribution is 6.46. The maximum absolute atomic E-state index is 13.4. The minimum atomic E-state index is -0.499. The minimum Gasteiger partial charge on any atom is -0.350 e. The van der Waals surface area contributed by atoms with Gasteiger partial charge in [-0.25, -0.2) is 9.29 Å². The van der Waals surface area contributed by atoms with Crippen molar-refractivity contribution in [2.45, 2.75) is 13.3 Å². The number of rotatable bonds is 5. The average Bonchev–Trinajstić information content (AvgIpc) is 2.99. The fourth-order valence-corrected chi connectivity index (χ4v) is 3.53. The summed E-state index contributed by atoms with van der Waals surface area (Å²) < 4.78 is 13.4. The highest BCUT2D eigenvalue weighted by Gasteiger charge is 2.40. The first-order chi connectivity index (χ1) is 14.5. The van der Waals surface area contributed by atoms with Gasteiger partial charge >= 0.3 is 0 Å². The van der Waals surface area contributed by atoms with Crippen LogP contribution >= 0.6 is 11.6 Å². The van der Waals surface area contributed by atoms with Gasteiger partial charge in [0.2, 0.25) is 0 Å². The number of benzene rings is 3. The Bertz CT molecular complexity index is 1150. The molecule has 4 nitrogen and oxygen atoms in total. The van der Waals surface area contributed by atoms with Crippen LogP contribution in [0.4, 0.5) is 15.8 Å². The summed E-state index contributed by atoms with van der Waals surface area (Å²) in [4.78, 5) is 27.6. The van der Waals surface area contributed by atoms with Crippen LogP contribution in [-0.2, 0) is 16.0 Å². The van der Waals surface area contributed by atoms with Gasteiger partial charge < -0.3 is 5.32 Å². The number of amides is 2. The van der Waals surface area contributed by atoms with Gasteiger partial charge in [-0.1, -0.05) is 48.9 Å². The van der Waals surface area contributed by atoms with E-state index in [1.807, 2.05) is 24.3 Å². The molecule has 0 bridgehead atoms. The Balaban J connectivity index is 1.80. The molecule has 0 atom stereocenters. The highest BCUT2D eigenvalue weighted by Crippen LogP contribution is 2.34. The molecule has 6 heteroatoms. The van der Waals surface area contributed by atoms with Crippen molar-refractivity contribution in [2.75, 3.05) is 10.2 Å². The molecule has 0 unspecified atom stereocenters. The normalized spacial score (nSPS) is 13.9. The summed E-state index contributed by atoms with van der Waals surface area (Å²) in [6.07, 6.45) is 0.893. The predicted molar refractivity (Wildman–Crippen MR) is 117 cm³/mol. The van der Waals surface area contributed by atoms with Gasteiger partial charge in [0.1, 0.15) is 11.5 Å². The molecule has 0 spiro atoms. The van der Waals surface area contributed by atoms with Crippen molar-refractivity contribution in [3.8, 4) is 0 Å². The molecule has 1 aliphatic rings. The molecule has 0 fully saturated rings. The minimum absolute atomic E-state index is 0.135. The molecule has 4 rings (SSSR count). The number of hydrogen-bond acceptors (Lipinski definition) is 3. The number of carbonyl (C=O) groups excluding carboxylic acids is 2. The van der Waals surface area contributed by atoms with E-state index >= 15 is 0 Å². The molecule has 150 valence electrons. The van der Waals surface area contributed by atoms with Gasteiger partial charge in [0, 0.05) is 10.7 Å². The molecule has 0 aromatic heterocycles. The number of nitrogens with one attached hydrogen (secondary N) is 1. The van der Waals surface area contributed by atoms with Crippen molar-refractivity contribution in [1.82, 2.24) is 0 Å². The predicted octanol–water partition coefficient (Wildman–Crippen LogP) is 5.44. The van der Waals surface area contributed by atoms with Crippen molar-refractivity contribution < 1.29 is 14.0 Å². The third kappa shape index (κ3) is 3.72. The van der Waals surface area contributed by atoms with E-state index in [1.54, 1.807) is 24.3 Å². The Hall–Kier alpha value is -3.44. The lowest BCUT2D eigenvalue weighted by atomic mass is 10.0. The fraction of sp³-hybridized carbons (Fsp3) is 0.0833. The van der Waals surface area contributed by atoms with E-state index in [1.165, 1.54) is 24.3 Å². The third-order valence-electron chi connectivity index (χ3n) is 4.91. The molecular formula is C24H18ClFN2O2. The van der Waals surface area contributed by atoms with Crippen LogP contribution < -0.4 is 10.2 Å². The molecule has 0 radical (unpaired) electrons. The van der Waals surface area contributed by atoms with Crippen LogP contribution in [0.2, 0.25) is 5.02 Å². The fourth-order valence-electron chi connectivity index (χ4n) is 3.35. The van der Waals surface area contributed by atoms with E-state index in [4.69, 9.17) is 11.6 Å². The first kappa shape index (κ1) is 19.9. The zero-order chi connectivity index (χ0) is 21.3. The first-order valence-electron chi connectivity index (χ1n) is 9.48. The van der Waals surface area contributed by atoms with Crippen LogP contribution in [0.1, 0.15) is 18.1 Å². The van der Waals surface area contributed by atoms with Gasteiger partial charge in [-0.15, -0.1) is 0 Å². The molecule has 0 aliphatic carbocycles. The maximum Gasteiger partial charge on any atom is 0.282 e. The SMILES string of the molecule is CCc1ccc(NC2=C(c3ccc(F)cc3)C(=O)N(c3cccc(Cl)c3)C2=O)cc1. The Labute approximate surface area is 178 Å². The zero-order valence-corrected chi connectivity index (χ0v) is 16.9. The number of anilines is 2. The molecule has 0 saturated heterocycles. The number of nitrogens with zero attached hydrogens (tertiary/aromatic N) is 1. The quantitative estimate of drug-likeness (QED) is 0.559. The second-order valence-corrected chi connectivity index (χ2v) is 7.29. The topological polar surface area (TPSA) is 49.4 Å². The van der Waals surface area contributed by atoms with Crippen LogP contribution in [0.3, 0.4) is 0 Å². The summed E-state index contributed by atoms with van der Waals surface area (Å²) in [5.41, 5.74) is 2.97. The van der Waals surface area contributed by atoms with Crippen LogP contribution in [0.25, 0.3) is 5.57 Å². The standard InChI is InChI=1S/C24H18ClFN2O2/c1-2-15-6-12-19(13-7-15)27-22-21(16-8-10-18(26)11-9-16)23(29)28(24(22)30)20-5-3-4-17(25)14-20/h3-14,27H,2H2,1H3. The van der Waals surface area contributed by atoms with Crippen LogP contribution in [0.5, 0.6) is 0 Å². The van der Waals surface area contributed by atoms with E-state index < -0.39 is 17.6 Å². The number of halogens is 2. The first-order valence-corrected chi connectivity index (χ1v) is 9.86. The number of carbonyl (C=O) groups is 2. The summed E-state index contributed by atoms with van der Waals surface area (Å²) in [6, 6.07) is 19.6. The van der Waals surface area contributed by atoms with Gasteiger partial charge in [-0.3, -0.25) is 9.59 Å². The van der Waals surface area contributed by atoms with E-state index in [2.05, 4.69) is 12.2 Å². The van der Waals surface area contributed by atoms with Gasteiger partial charge in [0.15, 0.2) is 0 Å². The van der Waals surface area contributed by atoms with E-state index in [9.17, 15) is 14.0 Å². The van der Waals surface area contributed by atoms with Crippen LogP contribution in [-0.4, -0.2) is 11.8 Å². The van der Waals surface area contributed by atoms with Crippen molar-refractivity contribution in [2.24, 2.45) is 0 Å². The highest BCUT2D eigenvalue weighted by atomic mass is 35.5. The maximum atomic E-state index is 13.4. The molecule has 30 heavy (non-hydrogen) atoms. The van der Waals surface area contributed by atoms with Crippen LogP contribution in [0.15, 0.2) is 78.5 Å². The van der Waals surface area contributed by atoms with Gasteiger partial charge in [0.25, 0.3) is 11.8 Å². The number of hydrogen-bond donors (Lipinski definition) is 1.